The summed E-state index contributed by atoms with van der Waals surface area (Å²) in [6.45, 7) is 6.00. The zero-order chi connectivity index (χ0) is 20.5. The fourth-order valence-corrected chi connectivity index (χ4v) is 2.69. The molecule has 6 nitrogen and oxygen atoms in total. The van der Waals surface area contributed by atoms with E-state index in [1.807, 2.05) is 30.3 Å². The highest BCUT2D eigenvalue weighted by molar-refractivity contribution is 6.09. The van der Waals surface area contributed by atoms with Gasteiger partial charge in [-0.2, -0.15) is 5.26 Å². The number of methoxy groups -OCH3 is 1. The number of rotatable bonds is 7. The summed E-state index contributed by atoms with van der Waals surface area (Å²) < 4.78 is 4.64. The van der Waals surface area contributed by atoms with E-state index in [2.05, 4.69) is 28.8 Å². The van der Waals surface area contributed by atoms with Gasteiger partial charge in [0.15, 0.2) is 0 Å². The lowest BCUT2D eigenvalue weighted by Gasteiger charge is -2.20. The molecule has 28 heavy (non-hydrogen) atoms. The van der Waals surface area contributed by atoms with Crippen molar-refractivity contribution in [3.05, 3.63) is 65.2 Å². The minimum atomic E-state index is -0.513. The second kappa shape index (κ2) is 9.93. The SMILES string of the molecule is CCN(CC)c1ccc(/C=C(\C#N)C(=O)Nc2ccc(C(=O)OC)cc2)cc1. The van der Waals surface area contributed by atoms with Crippen molar-refractivity contribution in [2.75, 3.05) is 30.4 Å². The summed E-state index contributed by atoms with van der Waals surface area (Å²) in [7, 11) is 1.30. The van der Waals surface area contributed by atoms with Crippen LogP contribution in [0, 0.1) is 11.3 Å². The van der Waals surface area contributed by atoms with E-state index in [-0.39, 0.29) is 5.57 Å². The van der Waals surface area contributed by atoms with Gasteiger partial charge in [0.05, 0.1) is 12.7 Å². The van der Waals surface area contributed by atoms with Crippen LogP contribution < -0.4 is 10.2 Å². The molecule has 0 aliphatic rings. The minimum Gasteiger partial charge on any atom is -0.465 e. The molecule has 0 fully saturated rings. The van der Waals surface area contributed by atoms with Crippen molar-refractivity contribution < 1.29 is 14.3 Å². The average molecular weight is 377 g/mol. The molecule has 2 rings (SSSR count). The molecule has 6 heteroatoms. The zero-order valence-electron chi connectivity index (χ0n) is 16.2. The second-order valence-corrected chi connectivity index (χ2v) is 5.96. The van der Waals surface area contributed by atoms with Gasteiger partial charge in [-0.05, 0) is 61.9 Å². The predicted octanol–water partition coefficient (Wildman–Crippen LogP) is 3.87. The molecule has 1 N–H and O–H groups in total. The molecule has 2 aromatic carbocycles. The maximum atomic E-state index is 12.4. The first-order valence-electron chi connectivity index (χ1n) is 8.98. The highest BCUT2D eigenvalue weighted by atomic mass is 16.5. The van der Waals surface area contributed by atoms with Crippen LogP contribution in [0.4, 0.5) is 11.4 Å². The van der Waals surface area contributed by atoms with Crippen molar-refractivity contribution >= 4 is 29.3 Å². The monoisotopic (exact) mass is 377 g/mol. The fourth-order valence-electron chi connectivity index (χ4n) is 2.69. The van der Waals surface area contributed by atoms with Crippen LogP contribution in [-0.2, 0) is 9.53 Å². The number of amides is 1. The highest BCUT2D eigenvalue weighted by Crippen LogP contribution is 2.17. The number of nitriles is 1. The maximum absolute atomic E-state index is 12.4. The van der Waals surface area contributed by atoms with E-state index in [4.69, 9.17) is 0 Å². The molecular formula is C22H23N3O3. The van der Waals surface area contributed by atoms with Crippen molar-refractivity contribution in [2.45, 2.75) is 13.8 Å². The number of carbonyl (C=O) groups excluding carboxylic acids is 2. The Morgan fingerprint density at radius 3 is 2.18 bits per heavy atom. The van der Waals surface area contributed by atoms with Crippen LogP contribution in [-0.4, -0.2) is 32.1 Å². The fraction of sp³-hybridized carbons (Fsp3) is 0.227. The van der Waals surface area contributed by atoms with Gasteiger partial charge in [0, 0.05) is 24.5 Å². The first-order chi connectivity index (χ1) is 13.5. The van der Waals surface area contributed by atoms with Crippen molar-refractivity contribution in [1.29, 1.82) is 5.26 Å². The lowest BCUT2D eigenvalue weighted by atomic mass is 10.1. The van der Waals surface area contributed by atoms with E-state index >= 15 is 0 Å². The normalized spacial score (nSPS) is 10.7. The van der Waals surface area contributed by atoms with E-state index in [1.165, 1.54) is 7.11 Å². The van der Waals surface area contributed by atoms with Gasteiger partial charge in [-0.15, -0.1) is 0 Å². The number of ether oxygens (including phenoxy) is 1. The van der Waals surface area contributed by atoms with Gasteiger partial charge in [0.25, 0.3) is 5.91 Å². The Bertz CT molecular complexity index is 890. The lowest BCUT2D eigenvalue weighted by Crippen LogP contribution is -2.21. The van der Waals surface area contributed by atoms with Gasteiger partial charge in [0.1, 0.15) is 11.6 Å². The Labute approximate surface area is 165 Å². The Hall–Kier alpha value is -3.59. The molecule has 0 aliphatic heterocycles. The standard InChI is InChI=1S/C22H23N3O3/c1-4-25(5-2)20-12-6-16(7-13-20)14-18(15-23)21(26)24-19-10-8-17(9-11-19)22(27)28-3/h6-14H,4-5H2,1-3H3,(H,24,26)/b18-14+. The van der Waals surface area contributed by atoms with Gasteiger partial charge < -0.3 is 15.0 Å². The summed E-state index contributed by atoms with van der Waals surface area (Å²) in [4.78, 5) is 26.0. The number of hydrogen-bond acceptors (Lipinski definition) is 5. The average Bonchev–Trinajstić information content (AvgIpc) is 2.73. The van der Waals surface area contributed by atoms with Gasteiger partial charge in [-0.25, -0.2) is 4.79 Å². The topological polar surface area (TPSA) is 82.4 Å². The number of nitrogens with one attached hydrogen (secondary N) is 1. The number of esters is 1. The molecule has 1 amide bonds. The van der Waals surface area contributed by atoms with Gasteiger partial charge in [0.2, 0.25) is 0 Å². The molecule has 0 atom stereocenters. The van der Waals surface area contributed by atoms with Crippen molar-refractivity contribution in [3.8, 4) is 6.07 Å². The van der Waals surface area contributed by atoms with Gasteiger partial charge in [-0.3, -0.25) is 4.79 Å². The van der Waals surface area contributed by atoms with Crippen LogP contribution in [0.2, 0.25) is 0 Å². The third kappa shape index (κ3) is 5.21. The third-order valence-electron chi connectivity index (χ3n) is 4.26. The number of hydrogen-bond donors (Lipinski definition) is 1. The van der Waals surface area contributed by atoms with Crippen LogP contribution >= 0.6 is 0 Å². The van der Waals surface area contributed by atoms with Gasteiger partial charge in [-0.1, -0.05) is 12.1 Å². The van der Waals surface area contributed by atoms with E-state index in [0.717, 1.165) is 24.3 Å². The molecule has 0 heterocycles. The molecular weight excluding hydrogens is 354 g/mol. The molecule has 0 aliphatic carbocycles. The van der Waals surface area contributed by atoms with Crippen molar-refractivity contribution in [2.24, 2.45) is 0 Å². The lowest BCUT2D eigenvalue weighted by molar-refractivity contribution is -0.112. The summed E-state index contributed by atoms with van der Waals surface area (Å²) in [5, 5.41) is 12.0. The number of nitrogens with zero attached hydrogens (tertiary/aromatic N) is 2. The number of carbonyl (C=O) groups is 2. The second-order valence-electron chi connectivity index (χ2n) is 5.96. The molecule has 0 spiro atoms. The summed E-state index contributed by atoms with van der Waals surface area (Å²) in [5.74, 6) is -0.968. The first kappa shape index (κ1) is 20.7. The van der Waals surface area contributed by atoms with E-state index < -0.39 is 11.9 Å². The van der Waals surface area contributed by atoms with Crippen molar-refractivity contribution in [1.82, 2.24) is 0 Å². The highest BCUT2D eigenvalue weighted by Gasteiger charge is 2.11. The van der Waals surface area contributed by atoms with E-state index in [1.54, 1.807) is 30.3 Å². The predicted molar refractivity (Wildman–Crippen MR) is 110 cm³/mol. The summed E-state index contributed by atoms with van der Waals surface area (Å²) in [6.07, 6.45) is 1.55. The summed E-state index contributed by atoms with van der Waals surface area (Å²) >= 11 is 0. The Balaban J connectivity index is 2.12. The molecule has 0 unspecified atom stereocenters. The Morgan fingerprint density at radius 2 is 1.68 bits per heavy atom. The Kier molecular flexibility index (Phi) is 7.35. The van der Waals surface area contributed by atoms with Crippen LogP contribution in [0.15, 0.2) is 54.1 Å². The molecule has 2 aromatic rings. The summed E-state index contributed by atoms with van der Waals surface area (Å²) in [5.41, 5.74) is 2.72. The minimum absolute atomic E-state index is 0.00682. The number of benzene rings is 2. The number of anilines is 2. The van der Waals surface area contributed by atoms with Crippen molar-refractivity contribution in [3.63, 3.8) is 0 Å². The molecule has 0 aromatic heterocycles. The Morgan fingerprint density at radius 1 is 1.07 bits per heavy atom. The summed E-state index contributed by atoms with van der Waals surface area (Å²) in [6, 6.07) is 15.9. The molecule has 0 saturated carbocycles. The van der Waals surface area contributed by atoms with Crippen LogP contribution in [0.5, 0.6) is 0 Å². The van der Waals surface area contributed by atoms with Crippen LogP contribution in [0.3, 0.4) is 0 Å². The molecule has 144 valence electrons. The third-order valence-corrected chi connectivity index (χ3v) is 4.26. The smallest absolute Gasteiger partial charge is 0.337 e. The first-order valence-corrected chi connectivity index (χ1v) is 8.98. The molecule has 0 bridgehead atoms. The molecule has 0 radical (unpaired) electrons. The zero-order valence-corrected chi connectivity index (χ0v) is 16.2. The van der Waals surface area contributed by atoms with Crippen LogP contribution in [0.1, 0.15) is 29.8 Å². The van der Waals surface area contributed by atoms with Crippen LogP contribution in [0.25, 0.3) is 6.08 Å². The molecule has 0 saturated heterocycles. The maximum Gasteiger partial charge on any atom is 0.337 e. The largest absolute Gasteiger partial charge is 0.465 e. The van der Waals surface area contributed by atoms with E-state index in [0.29, 0.717) is 11.3 Å². The van der Waals surface area contributed by atoms with E-state index in [9.17, 15) is 14.9 Å². The quantitative estimate of drug-likeness (QED) is 0.450. The van der Waals surface area contributed by atoms with Gasteiger partial charge >= 0.3 is 5.97 Å².